The standard InChI is InChI=1S/C20H21FN2O2/c21-13-5-3-4-12(10-13)19-16-11-23(9-8-17(16)25-22-19)20(24)18-14-6-1-2-7-15(14)18/h3-5,10,14-15,18H,1-2,6-9,11H2/t14-,15+,18?. The van der Waals surface area contributed by atoms with Gasteiger partial charge in [-0.05, 0) is 36.8 Å². The van der Waals surface area contributed by atoms with Crippen molar-refractivity contribution in [3.63, 3.8) is 0 Å². The van der Waals surface area contributed by atoms with Gasteiger partial charge in [-0.15, -0.1) is 0 Å². The Morgan fingerprint density at radius 1 is 1.24 bits per heavy atom. The normalized spacial score (nSPS) is 27.6. The number of rotatable bonds is 2. The number of benzene rings is 1. The van der Waals surface area contributed by atoms with Gasteiger partial charge in [0.1, 0.15) is 17.3 Å². The molecular weight excluding hydrogens is 319 g/mol. The average Bonchev–Trinajstić information content (AvgIpc) is 3.21. The highest BCUT2D eigenvalue weighted by atomic mass is 19.1. The molecule has 5 rings (SSSR count). The summed E-state index contributed by atoms with van der Waals surface area (Å²) in [5.41, 5.74) is 2.31. The van der Waals surface area contributed by atoms with Crippen LogP contribution in [0.2, 0.25) is 0 Å². The van der Waals surface area contributed by atoms with Gasteiger partial charge in [-0.2, -0.15) is 0 Å². The van der Waals surface area contributed by atoms with E-state index in [2.05, 4.69) is 5.16 Å². The van der Waals surface area contributed by atoms with Crippen molar-refractivity contribution in [3.05, 3.63) is 41.4 Å². The summed E-state index contributed by atoms with van der Waals surface area (Å²) in [4.78, 5) is 14.9. The molecule has 2 fully saturated rings. The molecule has 0 N–H and O–H groups in total. The second kappa shape index (κ2) is 5.68. The van der Waals surface area contributed by atoms with Gasteiger partial charge in [-0.25, -0.2) is 4.39 Å². The lowest BCUT2D eigenvalue weighted by Gasteiger charge is -2.26. The Kier molecular flexibility index (Phi) is 3.43. The predicted molar refractivity (Wildman–Crippen MR) is 90.0 cm³/mol. The van der Waals surface area contributed by atoms with Gasteiger partial charge in [-0.1, -0.05) is 30.1 Å². The summed E-state index contributed by atoms with van der Waals surface area (Å²) in [6, 6.07) is 6.39. The predicted octanol–water partition coefficient (Wildman–Crippen LogP) is 3.80. The van der Waals surface area contributed by atoms with Gasteiger partial charge in [0.05, 0.1) is 6.54 Å². The van der Waals surface area contributed by atoms with E-state index in [0.29, 0.717) is 48.5 Å². The molecule has 1 aromatic heterocycles. The number of aromatic nitrogens is 1. The molecule has 0 spiro atoms. The van der Waals surface area contributed by atoms with E-state index >= 15 is 0 Å². The van der Waals surface area contributed by atoms with E-state index in [0.717, 1.165) is 11.3 Å². The van der Waals surface area contributed by atoms with Crippen LogP contribution < -0.4 is 0 Å². The number of carbonyl (C=O) groups is 1. The Morgan fingerprint density at radius 3 is 2.80 bits per heavy atom. The number of amides is 1. The maximum absolute atomic E-state index is 13.6. The highest BCUT2D eigenvalue weighted by Crippen LogP contribution is 2.56. The van der Waals surface area contributed by atoms with Crippen LogP contribution >= 0.6 is 0 Å². The highest BCUT2D eigenvalue weighted by molar-refractivity contribution is 5.83. The molecule has 0 bridgehead atoms. The van der Waals surface area contributed by atoms with Gasteiger partial charge in [0.25, 0.3) is 0 Å². The third kappa shape index (κ3) is 2.48. The van der Waals surface area contributed by atoms with Gasteiger partial charge in [0, 0.05) is 30.0 Å². The smallest absolute Gasteiger partial charge is 0.226 e. The summed E-state index contributed by atoms with van der Waals surface area (Å²) >= 11 is 0. The van der Waals surface area contributed by atoms with E-state index in [1.54, 1.807) is 6.07 Å². The van der Waals surface area contributed by atoms with Crippen LogP contribution in [0.1, 0.15) is 37.0 Å². The number of carbonyl (C=O) groups excluding carboxylic acids is 1. The number of hydrogen-bond donors (Lipinski definition) is 0. The van der Waals surface area contributed by atoms with Crippen LogP contribution in [-0.2, 0) is 17.8 Å². The molecule has 0 saturated heterocycles. The molecule has 2 aliphatic carbocycles. The van der Waals surface area contributed by atoms with Crippen LogP contribution in [0.5, 0.6) is 0 Å². The van der Waals surface area contributed by atoms with E-state index in [1.807, 2.05) is 11.0 Å². The lowest BCUT2D eigenvalue weighted by atomic mass is 10.0. The minimum atomic E-state index is -0.292. The third-order valence-electron chi connectivity index (χ3n) is 6.18. The monoisotopic (exact) mass is 340 g/mol. The van der Waals surface area contributed by atoms with Crippen molar-refractivity contribution < 1.29 is 13.7 Å². The van der Waals surface area contributed by atoms with Gasteiger partial charge in [0.15, 0.2) is 0 Å². The number of fused-ring (bicyclic) bond motifs is 2. The van der Waals surface area contributed by atoms with Gasteiger partial charge >= 0.3 is 0 Å². The Morgan fingerprint density at radius 2 is 2.04 bits per heavy atom. The van der Waals surface area contributed by atoms with E-state index < -0.39 is 0 Å². The topological polar surface area (TPSA) is 46.3 Å². The van der Waals surface area contributed by atoms with Crippen LogP contribution in [0.4, 0.5) is 4.39 Å². The Balaban J connectivity index is 1.39. The van der Waals surface area contributed by atoms with Crippen molar-refractivity contribution in [2.45, 2.75) is 38.6 Å². The summed E-state index contributed by atoms with van der Waals surface area (Å²) in [6.45, 7) is 1.22. The fourth-order valence-corrected chi connectivity index (χ4v) is 4.83. The largest absolute Gasteiger partial charge is 0.360 e. The number of hydrogen-bond acceptors (Lipinski definition) is 3. The molecule has 2 heterocycles. The van der Waals surface area contributed by atoms with Gasteiger partial charge in [-0.3, -0.25) is 4.79 Å². The van der Waals surface area contributed by atoms with Crippen molar-refractivity contribution in [3.8, 4) is 11.3 Å². The lowest BCUT2D eigenvalue weighted by molar-refractivity contribution is -0.134. The van der Waals surface area contributed by atoms with E-state index in [9.17, 15) is 9.18 Å². The van der Waals surface area contributed by atoms with Gasteiger partial charge < -0.3 is 9.42 Å². The molecule has 3 aliphatic rings. The molecule has 1 amide bonds. The first-order chi connectivity index (χ1) is 12.2. The van der Waals surface area contributed by atoms with Crippen LogP contribution in [0.25, 0.3) is 11.3 Å². The zero-order valence-corrected chi connectivity index (χ0v) is 14.1. The van der Waals surface area contributed by atoms with Gasteiger partial charge in [0.2, 0.25) is 5.91 Å². The first kappa shape index (κ1) is 15.1. The Bertz CT molecular complexity index is 819. The lowest BCUT2D eigenvalue weighted by Crippen LogP contribution is -2.37. The van der Waals surface area contributed by atoms with E-state index in [-0.39, 0.29) is 11.7 Å². The maximum atomic E-state index is 13.6. The molecule has 1 aliphatic heterocycles. The third-order valence-corrected chi connectivity index (χ3v) is 6.18. The van der Waals surface area contributed by atoms with Crippen LogP contribution in [0.15, 0.2) is 28.8 Å². The van der Waals surface area contributed by atoms with Crippen LogP contribution in [0.3, 0.4) is 0 Å². The Labute approximate surface area is 146 Å². The molecule has 1 aromatic carbocycles. The molecule has 0 radical (unpaired) electrons. The SMILES string of the molecule is O=C(C1[C@H]2CCCC[C@@H]12)N1CCc2onc(-c3cccc(F)c3)c2C1. The Hall–Kier alpha value is -2.17. The second-order valence-corrected chi connectivity index (χ2v) is 7.59. The molecule has 1 unspecified atom stereocenters. The first-order valence-corrected chi connectivity index (χ1v) is 9.24. The van der Waals surface area contributed by atoms with Crippen LogP contribution in [0, 0.1) is 23.6 Å². The van der Waals surface area contributed by atoms with Crippen molar-refractivity contribution in [1.29, 1.82) is 0 Å². The maximum Gasteiger partial charge on any atom is 0.226 e. The second-order valence-electron chi connectivity index (χ2n) is 7.59. The minimum absolute atomic E-state index is 0.238. The molecule has 3 atom stereocenters. The molecule has 5 heteroatoms. The zero-order chi connectivity index (χ0) is 17.0. The number of halogens is 1. The van der Waals surface area contributed by atoms with Crippen molar-refractivity contribution in [2.75, 3.05) is 6.54 Å². The molecule has 130 valence electrons. The number of nitrogens with zero attached hydrogens (tertiary/aromatic N) is 2. The molecule has 2 saturated carbocycles. The summed E-state index contributed by atoms with van der Waals surface area (Å²) in [5.74, 6) is 2.31. The van der Waals surface area contributed by atoms with Crippen LogP contribution in [-0.4, -0.2) is 22.5 Å². The highest BCUT2D eigenvalue weighted by Gasteiger charge is 2.56. The fourth-order valence-electron chi connectivity index (χ4n) is 4.83. The quantitative estimate of drug-likeness (QED) is 0.835. The zero-order valence-electron chi connectivity index (χ0n) is 14.1. The van der Waals surface area contributed by atoms with E-state index in [1.165, 1.54) is 37.8 Å². The fraction of sp³-hybridized carbons (Fsp3) is 0.500. The van der Waals surface area contributed by atoms with Crippen molar-refractivity contribution >= 4 is 5.91 Å². The average molecular weight is 340 g/mol. The minimum Gasteiger partial charge on any atom is -0.360 e. The summed E-state index contributed by atoms with van der Waals surface area (Å²) in [6.07, 6.45) is 5.64. The summed E-state index contributed by atoms with van der Waals surface area (Å²) in [5, 5.41) is 4.16. The molecule has 25 heavy (non-hydrogen) atoms. The van der Waals surface area contributed by atoms with Crippen molar-refractivity contribution in [2.24, 2.45) is 17.8 Å². The molecule has 4 nitrogen and oxygen atoms in total. The summed E-state index contributed by atoms with van der Waals surface area (Å²) < 4.78 is 19.0. The molecular formula is C20H21FN2O2. The van der Waals surface area contributed by atoms with E-state index in [4.69, 9.17) is 4.52 Å². The molecule has 2 aromatic rings. The van der Waals surface area contributed by atoms with Crippen molar-refractivity contribution in [1.82, 2.24) is 10.1 Å². The first-order valence-electron chi connectivity index (χ1n) is 9.24. The summed E-state index contributed by atoms with van der Waals surface area (Å²) in [7, 11) is 0.